The first-order valence-corrected chi connectivity index (χ1v) is 12.8. The van der Waals surface area contributed by atoms with Crippen LogP contribution in [0.1, 0.15) is 47.9 Å². The van der Waals surface area contributed by atoms with Crippen LogP contribution in [-0.4, -0.2) is 39.8 Å². The zero-order chi connectivity index (χ0) is 25.3. The van der Waals surface area contributed by atoms with Gasteiger partial charge in [0.25, 0.3) is 5.91 Å². The zero-order valence-electron chi connectivity index (χ0n) is 18.8. The second kappa shape index (κ2) is 7.72. The van der Waals surface area contributed by atoms with Crippen LogP contribution in [-0.2, 0) is 15.4 Å². The molecule has 1 saturated carbocycles. The lowest BCUT2D eigenvalue weighted by Gasteiger charge is -2.48. The number of alkyl halides is 1. The van der Waals surface area contributed by atoms with Crippen molar-refractivity contribution in [1.29, 1.82) is 0 Å². The predicted octanol–water partition coefficient (Wildman–Crippen LogP) is 3.91. The normalized spacial score (nSPS) is 24.7. The molecule has 3 N–H and O–H groups in total. The molecule has 5 rings (SSSR count). The van der Waals surface area contributed by atoms with E-state index in [4.69, 9.17) is 17.3 Å². The highest BCUT2D eigenvalue weighted by Gasteiger charge is 2.64. The lowest BCUT2D eigenvalue weighted by atomic mass is 9.82. The number of hydrogen-bond acceptors (Lipinski definition) is 6. The van der Waals surface area contributed by atoms with Crippen molar-refractivity contribution in [3.63, 3.8) is 0 Å². The van der Waals surface area contributed by atoms with Crippen LogP contribution in [0, 0.1) is 12.7 Å². The van der Waals surface area contributed by atoms with Crippen molar-refractivity contribution < 1.29 is 22.0 Å². The molecular formula is C23H22ClF2N5O3S. The summed E-state index contributed by atoms with van der Waals surface area (Å²) in [6.45, 7) is 2.88. The standard InChI is InChI=1S/C23H22ClF2N5O3S/c1-12-18(29-17-7-4-13(24)11-31(12)17)19(32)28-14-5-6-16(25)15(10-14)22(2)20(26)35(33,34)23(8-3-9-23)21(27)30-22/h4-7,10-11,20H,3,8-9H2,1-2H3,(H2,27,30)(H,28,32). The van der Waals surface area contributed by atoms with E-state index in [-0.39, 0.29) is 35.6 Å². The summed E-state index contributed by atoms with van der Waals surface area (Å²) in [5, 5.41) is 3.08. The fourth-order valence-corrected chi connectivity index (χ4v) is 7.34. The fraction of sp³-hybridized carbons (Fsp3) is 0.348. The van der Waals surface area contributed by atoms with Crippen LogP contribution in [0.3, 0.4) is 0 Å². The number of anilines is 1. The SMILES string of the molecule is Cc1c(C(=O)Nc2ccc(F)c(C3(C)N=C(N)C4(CCC4)S(=O)(=O)C3F)c2)nc2ccc(Cl)cn12. The number of aromatic nitrogens is 2. The smallest absolute Gasteiger partial charge is 0.276 e. The average Bonchev–Trinajstić information content (AvgIpc) is 3.08. The second-order valence-electron chi connectivity index (χ2n) is 9.12. The number of imidazole rings is 1. The minimum absolute atomic E-state index is 0.113. The summed E-state index contributed by atoms with van der Waals surface area (Å²) < 4.78 is 56.8. The van der Waals surface area contributed by atoms with Gasteiger partial charge in [-0.15, -0.1) is 0 Å². The number of benzene rings is 1. The highest BCUT2D eigenvalue weighted by molar-refractivity contribution is 7.94. The van der Waals surface area contributed by atoms with Gasteiger partial charge in [0.15, 0.2) is 9.84 Å². The molecule has 1 spiro atoms. The van der Waals surface area contributed by atoms with Gasteiger partial charge in [-0.1, -0.05) is 11.6 Å². The number of aryl methyl sites for hydroxylation is 1. The summed E-state index contributed by atoms with van der Waals surface area (Å²) in [4.78, 5) is 21.5. The van der Waals surface area contributed by atoms with Crippen LogP contribution in [0.2, 0.25) is 5.02 Å². The van der Waals surface area contributed by atoms with Crippen LogP contribution in [0.15, 0.2) is 41.5 Å². The number of fused-ring (bicyclic) bond motifs is 1. The number of pyridine rings is 1. The number of nitrogens with two attached hydrogens (primary N) is 1. The van der Waals surface area contributed by atoms with E-state index in [1.165, 1.54) is 19.1 Å². The van der Waals surface area contributed by atoms with Gasteiger partial charge in [-0.3, -0.25) is 9.79 Å². The van der Waals surface area contributed by atoms with E-state index >= 15 is 4.39 Å². The zero-order valence-corrected chi connectivity index (χ0v) is 20.4. The molecule has 1 fully saturated rings. The van der Waals surface area contributed by atoms with Crippen LogP contribution >= 0.6 is 11.6 Å². The van der Waals surface area contributed by atoms with E-state index in [9.17, 15) is 17.6 Å². The molecule has 1 amide bonds. The number of halogens is 3. The van der Waals surface area contributed by atoms with Gasteiger partial charge in [0.05, 0.1) is 10.7 Å². The quantitative estimate of drug-likeness (QED) is 0.541. The summed E-state index contributed by atoms with van der Waals surface area (Å²) in [6, 6.07) is 6.78. The van der Waals surface area contributed by atoms with Crippen LogP contribution < -0.4 is 11.1 Å². The first kappa shape index (κ1) is 23.7. The predicted molar refractivity (Wildman–Crippen MR) is 129 cm³/mol. The molecule has 2 aliphatic rings. The number of amides is 1. The molecule has 1 aliphatic carbocycles. The maximum atomic E-state index is 15.6. The minimum Gasteiger partial charge on any atom is -0.386 e. The summed E-state index contributed by atoms with van der Waals surface area (Å²) >= 11 is 6.02. The lowest BCUT2D eigenvalue weighted by Crippen LogP contribution is -2.64. The van der Waals surface area contributed by atoms with Gasteiger partial charge in [-0.05, 0) is 63.4 Å². The van der Waals surface area contributed by atoms with Gasteiger partial charge < -0.3 is 15.5 Å². The average molecular weight is 522 g/mol. The van der Waals surface area contributed by atoms with Gasteiger partial charge in [0.1, 0.15) is 33.3 Å². The molecule has 0 radical (unpaired) electrons. The molecule has 35 heavy (non-hydrogen) atoms. The van der Waals surface area contributed by atoms with E-state index in [1.807, 2.05) is 0 Å². The molecule has 3 aromatic rings. The van der Waals surface area contributed by atoms with E-state index in [1.54, 1.807) is 29.7 Å². The highest BCUT2D eigenvalue weighted by atomic mass is 35.5. The number of nitrogens with one attached hydrogen (secondary N) is 1. The molecule has 1 aliphatic heterocycles. The lowest BCUT2D eigenvalue weighted by molar-refractivity contribution is 0.102. The largest absolute Gasteiger partial charge is 0.386 e. The van der Waals surface area contributed by atoms with Crippen molar-refractivity contribution in [2.75, 3.05) is 5.32 Å². The highest BCUT2D eigenvalue weighted by Crippen LogP contribution is 2.51. The van der Waals surface area contributed by atoms with E-state index < -0.39 is 37.4 Å². The number of amidine groups is 1. The fourth-order valence-electron chi connectivity index (χ4n) is 4.80. The molecule has 12 heteroatoms. The first-order chi connectivity index (χ1) is 16.4. The van der Waals surface area contributed by atoms with Crippen LogP contribution in [0.25, 0.3) is 5.65 Å². The number of nitrogens with zero attached hydrogens (tertiary/aromatic N) is 3. The van der Waals surface area contributed by atoms with Crippen molar-refractivity contribution in [3.8, 4) is 0 Å². The molecule has 2 aromatic heterocycles. The van der Waals surface area contributed by atoms with Crippen molar-refractivity contribution in [2.45, 2.75) is 48.9 Å². The van der Waals surface area contributed by atoms with Crippen molar-refractivity contribution >= 4 is 44.5 Å². The monoisotopic (exact) mass is 521 g/mol. The van der Waals surface area contributed by atoms with E-state index in [0.717, 1.165) is 6.07 Å². The third kappa shape index (κ3) is 3.28. The Kier molecular flexibility index (Phi) is 5.23. The summed E-state index contributed by atoms with van der Waals surface area (Å²) in [6.07, 6.45) is 2.57. The molecule has 2 unspecified atom stereocenters. The molecule has 8 nitrogen and oxygen atoms in total. The Bertz CT molecular complexity index is 1530. The minimum atomic E-state index is -4.39. The Hall–Kier alpha value is -3.05. The first-order valence-electron chi connectivity index (χ1n) is 10.9. The number of aliphatic imine (C=N–C) groups is 1. The van der Waals surface area contributed by atoms with Crippen LogP contribution in [0.4, 0.5) is 14.5 Å². The third-order valence-electron chi connectivity index (χ3n) is 7.05. The maximum Gasteiger partial charge on any atom is 0.276 e. The number of carbonyl (C=O) groups excluding carboxylic acids is 1. The van der Waals surface area contributed by atoms with Gasteiger partial charge in [0.2, 0.25) is 5.50 Å². The van der Waals surface area contributed by atoms with Gasteiger partial charge >= 0.3 is 0 Å². The summed E-state index contributed by atoms with van der Waals surface area (Å²) in [7, 11) is -4.39. The van der Waals surface area contributed by atoms with E-state index in [2.05, 4.69) is 15.3 Å². The molecule has 0 saturated heterocycles. The Morgan fingerprint density at radius 2 is 2.00 bits per heavy atom. The van der Waals surface area contributed by atoms with Crippen molar-refractivity contribution in [3.05, 3.63) is 64.3 Å². The molecule has 0 bridgehead atoms. The second-order valence-corrected chi connectivity index (χ2v) is 11.8. The number of hydrogen-bond donors (Lipinski definition) is 2. The third-order valence-corrected chi connectivity index (χ3v) is 9.98. The van der Waals surface area contributed by atoms with E-state index in [0.29, 0.717) is 22.8 Å². The Labute approximate surface area is 205 Å². The van der Waals surface area contributed by atoms with Crippen molar-refractivity contribution in [1.82, 2.24) is 9.38 Å². The molecule has 184 valence electrons. The van der Waals surface area contributed by atoms with Gasteiger partial charge in [-0.2, -0.15) is 0 Å². The number of rotatable bonds is 3. The number of sulfone groups is 1. The Morgan fingerprint density at radius 3 is 2.66 bits per heavy atom. The topological polar surface area (TPSA) is 119 Å². The molecule has 3 heterocycles. The van der Waals surface area contributed by atoms with Gasteiger partial charge in [-0.25, -0.2) is 22.2 Å². The van der Waals surface area contributed by atoms with Crippen molar-refractivity contribution in [2.24, 2.45) is 10.7 Å². The molecular weight excluding hydrogens is 500 g/mol. The molecule has 2 atom stereocenters. The van der Waals surface area contributed by atoms with Crippen LogP contribution in [0.5, 0.6) is 0 Å². The maximum absolute atomic E-state index is 15.6. The van der Waals surface area contributed by atoms with Gasteiger partial charge in [0, 0.05) is 17.4 Å². The summed E-state index contributed by atoms with van der Waals surface area (Å²) in [5.41, 5.74) is 2.33. The molecule has 1 aromatic carbocycles. The summed E-state index contributed by atoms with van der Waals surface area (Å²) in [5.74, 6) is -1.68. The number of carbonyl (C=O) groups is 1. The Morgan fingerprint density at radius 1 is 1.29 bits per heavy atom. The Balaban J connectivity index is 1.52.